The van der Waals surface area contributed by atoms with Crippen LogP contribution < -0.4 is 10.2 Å². The van der Waals surface area contributed by atoms with E-state index in [1.165, 1.54) is 23.4 Å². The van der Waals surface area contributed by atoms with Gasteiger partial charge in [0.05, 0.1) is 5.69 Å². The van der Waals surface area contributed by atoms with E-state index in [0.717, 1.165) is 24.8 Å². The minimum atomic E-state index is 0.106. The van der Waals surface area contributed by atoms with Crippen molar-refractivity contribution < 1.29 is 0 Å². The molecule has 1 aromatic heterocycles. The Hall–Kier alpha value is -0.610. The van der Waals surface area contributed by atoms with Gasteiger partial charge in [0, 0.05) is 30.4 Å². The van der Waals surface area contributed by atoms with Gasteiger partial charge in [0.15, 0.2) is 5.13 Å². The first-order valence-electron chi connectivity index (χ1n) is 8.21. The first kappa shape index (κ1) is 18.4. The molecule has 0 saturated carbocycles. The van der Waals surface area contributed by atoms with Crippen LogP contribution in [0.1, 0.15) is 65.0 Å². The quantitative estimate of drug-likeness (QED) is 0.720. The Morgan fingerprint density at radius 2 is 1.95 bits per heavy atom. The summed E-state index contributed by atoms with van der Waals surface area (Å²) in [5.74, 6) is 0.707. The van der Waals surface area contributed by atoms with Crippen LogP contribution in [0.4, 0.5) is 5.13 Å². The molecule has 0 aromatic carbocycles. The van der Waals surface area contributed by atoms with Crippen LogP contribution in [-0.2, 0) is 12.0 Å². The molecule has 0 radical (unpaired) electrons. The summed E-state index contributed by atoms with van der Waals surface area (Å²) < 4.78 is 0. The number of rotatable bonds is 8. The van der Waals surface area contributed by atoms with Crippen molar-refractivity contribution in [3.05, 3.63) is 10.6 Å². The first-order chi connectivity index (χ1) is 9.79. The molecular weight excluding hydrogens is 278 g/mol. The molecule has 1 rings (SSSR count). The first-order valence-corrected chi connectivity index (χ1v) is 9.03. The average Bonchev–Trinajstić information content (AvgIpc) is 2.83. The van der Waals surface area contributed by atoms with E-state index in [1.807, 2.05) is 11.3 Å². The lowest BCUT2D eigenvalue weighted by Crippen LogP contribution is -2.24. The van der Waals surface area contributed by atoms with E-state index >= 15 is 0 Å². The minimum Gasteiger partial charge on any atom is -0.351 e. The third kappa shape index (κ3) is 5.59. The molecule has 0 bridgehead atoms. The molecule has 0 aliphatic heterocycles. The van der Waals surface area contributed by atoms with E-state index in [-0.39, 0.29) is 5.41 Å². The van der Waals surface area contributed by atoms with Gasteiger partial charge < -0.3 is 10.2 Å². The largest absolute Gasteiger partial charge is 0.351 e. The molecule has 0 aliphatic rings. The fraction of sp³-hybridized carbons (Fsp3) is 0.824. The summed E-state index contributed by atoms with van der Waals surface area (Å²) in [4.78, 5) is 8.66. The van der Waals surface area contributed by atoms with Gasteiger partial charge in [-0.15, -0.1) is 11.3 Å². The Morgan fingerprint density at radius 3 is 2.48 bits per heavy atom. The molecule has 1 N–H and O–H groups in total. The van der Waals surface area contributed by atoms with Crippen molar-refractivity contribution >= 4 is 16.5 Å². The SMILES string of the molecule is CCCNCc1sc(N(C)CC(C)CC)nc1C(C)(C)C. The Bertz CT molecular complexity index is 420. The van der Waals surface area contributed by atoms with Gasteiger partial charge in [-0.2, -0.15) is 0 Å². The number of nitrogens with zero attached hydrogens (tertiary/aromatic N) is 2. The standard InChI is InChI=1S/C17H33N3S/c1-8-10-18-11-14-15(17(4,5)6)19-16(21-14)20(7)12-13(3)9-2/h13,18H,8-12H2,1-7H3. The summed E-state index contributed by atoms with van der Waals surface area (Å²) in [5.41, 5.74) is 1.36. The third-order valence-corrected chi connectivity index (χ3v) is 4.89. The van der Waals surface area contributed by atoms with Crippen molar-refractivity contribution in [1.82, 2.24) is 10.3 Å². The normalized spacial score (nSPS) is 13.5. The lowest BCUT2D eigenvalue weighted by molar-refractivity contribution is 0.549. The van der Waals surface area contributed by atoms with Crippen LogP contribution >= 0.6 is 11.3 Å². The number of hydrogen-bond acceptors (Lipinski definition) is 4. The van der Waals surface area contributed by atoms with Crippen LogP contribution in [0.3, 0.4) is 0 Å². The molecule has 1 atom stereocenters. The van der Waals surface area contributed by atoms with Crippen molar-refractivity contribution in [2.24, 2.45) is 5.92 Å². The topological polar surface area (TPSA) is 28.2 Å². The van der Waals surface area contributed by atoms with Crippen LogP contribution in [0.15, 0.2) is 0 Å². The zero-order chi connectivity index (χ0) is 16.0. The van der Waals surface area contributed by atoms with E-state index in [2.05, 4.69) is 58.8 Å². The van der Waals surface area contributed by atoms with Crippen molar-refractivity contribution in [1.29, 1.82) is 0 Å². The number of anilines is 1. The molecule has 1 aromatic rings. The Balaban J connectivity index is 2.91. The van der Waals surface area contributed by atoms with E-state index in [1.54, 1.807) is 0 Å². The van der Waals surface area contributed by atoms with Gasteiger partial charge in [-0.25, -0.2) is 4.98 Å². The maximum absolute atomic E-state index is 4.95. The highest BCUT2D eigenvalue weighted by Gasteiger charge is 2.24. The zero-order valence-corrected chi connectivity index (χ0v) is 15.7. The maximum Gasteiger partial charge on any atom is 0.185 e. The Morgan fingerprint density at radius 1 is 1.29 bits per heavy atom. The molecule has 0 saturated heterocycles. The van der Waals surface area contributed by atoms with Crippen molar-refractivity contribution in [2.75, 3.05) is 25.0 Å². The molecule has 0 spiro atoms. The van der Waals surface area contributed by atoms with Gasteiger partial charge in [-0.05, 0) is 18.9 Å². The second-order valence-corrected chi connectivity index (χ2v) is 8.15. The van der Waals surface area contributed by atoms with Crippen molar-refractivity contribution in [3.63, 3.8) is 0 Å². The molecule has 122 valence electrons. The summed E-state index contributed by atoms with van der Waals surface area (Å²) in [5, 5.41) is 4.68. The van der Waals surface area contributed by atoms with E-state index in [0.29, 0.717) is 5.92 Å². The van der Waals surface area contributed by atoms with Gasteiger partial charge in [-0.3, -0.25) is 0 Å². The predicted molar refractivity (Wildman–Crippen MR) is 95.5 cm³/mol. The maximum atomic E-state index is 4.95. The average molecular weight is 312 g/mol. The Labute approximate surface area is 135 Å². The van der Waals surface area contributed by atoms with Crippen LogP contribution in [0.25, 0.3) is 0 Å². The highest BCUT2D eigenvalue weighted by molar-refractivity contribution is 7.15. The molecule has 0 fully saturated rings. The summed E-state index contributed by atoms with van der Waals surface area (Å²) >= 11 is 1.85. The van der Waals surface area contributed by atoms with Crippen LogP contribution in [0.5, 0.6) is 0 Å². The molecule has 0 aliphatic carbocycles. The number of hydrogen-bond donors (Lipinski definition) is 1. The van der Waals surface area contributed by atoms with Crippen LogP contribution in [0, 0.1) is 5.92 Å². The molecule has 4 heteroatoms. The summed E-state index contributed by atoms with van der Waals surface area (Å²) in [6.07, 6.45) is 2.39. The monoisotopic (exact) mass is 311 g/mol. The van der Waals surface area contributed by atoms with Gasteiger partial charge >= 0.3 is 0 Å². The van der Waals surface area contributed by atoms with Gasteiger partial charge in [0.2, 0.25) is 0 Å². The second kappa shape index (κ2) is 8.14. The van der Waals surface area contributed by atoms with Crippen molar-refractivity contribution in [3.8, 4) is 0 Å². The van der Waals surface area contributed by atoms with Gasteiger partial charge in [0.1, 0.15) is 0 Å². The van der Waals surface area contributed by atoms with Gasteiger partial charge in [0.25, 0.3) is 0 Å². The molecule has 21 heavy (non-hydrogen) atoms. The summed E-state index contributed by atoms with van der Waals surface area (Å²) in [7, 11) is 2.17. The number of nitrogens with one attached hydrogen (secondary N) is 1. The van der Waals surface area contributed by atoms with Crippen molar-refractivity contribution in [2.45, 2.75) is 66.3 Å². The molecule has 3 nitrogen and oxygen atoms in total. The zero-order valence-electron chi connectivity index (χ0n) is 14.9. The fourth-order valence-corrected chi connectivity index (χ4v) is 3.47. The van der Waals surface area contributed by atoms with Gasteiger partial charge in [-0.1, -0.05) is 48.0 Å². The number of thiazole rings is 1. The summed E-state index contributed by atoms with van der Waals surface area (Å²) in [6.45, 7) is 16.6. The lowest BCUT2D eigenvalue weighted by atomic mass is 9.91. The highest BCUT2D eigenvalue weighted by atomic mass is 32.1. The molecule has 1 heterocycles. The smallest absolute Gasteiger partial charge is 0.185 e. The summed E-state index contributed by atoms with van der Waals surface area (Å²) in [6, 6.07) is 0. The van der Waals surface area contributed by atoms with E-state index in [9.17, 15) is 0 Å². The number of aromatic nitrogens is 1. The Kier molecular flexibility index (Phi) is 7.14. The molecular formula is C17H33N3S. The fourth-order valence-electron chi connectivity index (χ4n) is 2.26. The third-order valence-electron chi connectivity index (χ3n) is 3.72. The van der Waals surface area contributed by atoms with Crippen LogP contribution in [-0.4, -0.2) is 25.1 Å². The highest BCUT2D eigenvalue weighted by Crippen LogP contribution is 2.33. The minimum absolute atomic E-state index is 0.106. The van der Waals surface area contributed by atoms with E-state index in [4.69, 9.17) is 4.98 Å². The second-order valence-electron chi connectivity index (χ2n) is 7.09. The predicted octanol–water partition coefficient (Wildman–Crippen LogP) is 4.42. The van der Waals surface area contributed by atoms with E-state index < -0.39 is 0 Å². The lowest BCUT2D eigenvalue weighted by Gasteiger charge is -2.20. The van der Waals surface area contributed by atoms with Crippen LogP contribution in [0.2, 0.25) is 0 Å². The molecule has 0 amide bonds. The molecule has 1 unspecified atom stereocenters.